The average molecular weight is 426 g/mol. The van der Waals surface area contributed by atoms with Crippen molar-refractivity contribution in [3.8, 4) is 11.6 Å². The second-order valence-corrected chi connectivity index (χ2v) is 8.12. The van der Waals surface area contributed by atoms with Gasteiger partial charge in [-0.25, -0.2) is 0 Å². The van der Waals surface area contributed by atoms with Crippen LogP contribution in [0.4, 0.5) is 5.82 Å². The third-order valence-electron chi connectivity index (χ3n) is 5.10. The molecule has 1 fully saturated rings. The molecule has 2 aromatic heterocycles. The zero-order valence-corrected chi connectivity index (χ0v) is 17.8. The number of piperazine rings is 1. The lowest BCUT2D eigenvalue weighted by Crippen LogP contribution is -2.56. The number of carbonyl (C=O) groups excluding carboxylic acids is 1. The predicted molar refractivity (Wildman–Crippen MR) is 116 cm³/mol. The molecule has 0 radical (unpaired) electrons. The molecule has 0 aliphatic carbocycles. The summed E-state index contributed by atoms with van der Waals surface area (Å²) in [5.41, 5.74) is -0.964. The van der Waals surface area contributed by atoms with E-state index in [2.05, 4.69) is 15.1 Å². The van der Waals surface area contributed by atoms with Gasteiger partial charge in [0.1, 0.15) is 5.75 Å². The van der Waals surface area contributed by atoms with Gasteiger partial charge in [0.2, 0.25) is 0 Å². The minimum atomic E-state index is -0.964. The Bertz CT molecular complexity index is 979. The zero-order chi connectivity index (χ0) is 21.1. The molecule has 8 heteroatoms. The first-order valence-corrected chi connectivity index (χ1v) is 10.3. The largest absolute Gasteiger partial charge is 0.478 e. The summed E-state index contributed by atoms with van der Waals surface area (Å²) in [5, 5.41) is 9.29. The van der Waals surface area contributed by atoms with E-state index in [1.807, 2.05) is 46.1 Å². The molecule has 4 rings (SSSR count). The molecule has 0 saturated carbocycles. The van der Waals surface area contributed by atoms with Crippen LogP contribution in [-0.4, -0.2) is 57.4 Å². The number of benzene rings is 1. The van der Waals surface area contributed by atoms with Crippen LogP contribution in [0.15, 0.2) is 60.9 Å². The molecular weight excluding hydrogens is 402 g/mol. The maximum absolute atomic E-state index is 13.0. The molecule has 1 aliphatic heterocycles. The molecule has 1 saturated heterocycles. The van der Waals surface area contributed by atoms with Crippen LogP contribution in [0.1, 0.15) is 13.8 Å². The first-order valence-electron chi connectivity index (χ1n) is 9.88. The van der Waals surface area contributed by atoms with Gasteiger partial charge in [-0.05, 0) is 62.4 Å². The van der Waals surface area contributed by atoms with Crippen molar-refractivity contribution in [3.05, 3.63) is 65.9 Å². The number of amides is 1. The van der Waals surface area contributed by atoms with Crippen LogP contribution >= 0.6 is 11.6 Å². The summed E-state index contributed by atoms with van der Waals surface area (Å²) in [6, 6.07) is 14.8. The number of carbonyl (C=O) groups is 1. The van der Waals surface area contributed by atoms with Gasteiger partial charge in [-0.2, -0.15) is 0 Å². The van der Waals surface area contributed by atoms with E-state index in [4.69, 9.17) is 16.3 Å². The zero-order valence-electron chi connectivity index (χ0n) is 17.0. The first kappa shape index (κ1) is 20.2. The van der Waals surface area contributed by atoms with Crippen LogP contribution in [0.3, 0.4) is 0 Å². The van der Waals surface area contributed by atoms with Gasteiger partial charge in [0.15, 0.2) is 17.2 Å². The minimum absolute atomic E-state index is 0.0360. The number of hydrogen-bond donors (Lipinski definition) is 0. The molecule has 0 N–H and O–H groups in total. The summed E-state index contributed by atoms with van der Waals surface area (Å²) >= 11 is 5.92. The number of halogens is 1. The van der Waals surface area contributed by atoms with E-state index in [1.54, 1.807) is 38.1 Å². The molecule has 0 bridgehead atoms. The highest BCUT2D eigenvalue weighted by molar-refractivity contribution is 6.30. The quantitative estimate of drug-likeness (QED) is 0.626. The summed E-state index contributed by atoms with van der Waals surface area (Å²) in [6.45, 7) is 6.19. The lowest BCUT2D eigenvalue weighted by Gasteiger charge is -2.38. The molecular formula is C22H24ClN5O2. The molecule has 156 valence electrons. The molecule has 1 amide bonds. The van der Waals surface area contributed by atoms with Gasteiger partial charge < -0.3 is 19.1 Å². The third kappa shape index (κ3) is 4.41. The smallest absolute Gasteiger partial charge is 0.266 e. The van der Waals surface area contributed by atoms with E-state index in [0.717, 1.165) is 11.6 Å². The van der Waals surface area contributed by atoms with Crippen LogP contribution in [0.25, 0.3) is 5.82 Å². The van der Waals surface area contributed by atoms with Gasteiger partial charge in [-0.15, -0.1) is 10.2 Å². The van der Waals surface area contributed by atoms with Crippen molar-refractivity contribution < 1.29 is 9.53 Å². The van der Waals surface area contributed by atoms with Crippen molar-refractivity contribution in [2.45, 2.75) is 19.4 Å². The molecule has 0 atom stereocenters. The Hall–Kier alpha value is -3.06. The van der Waals surface area contributed by atoms with Gasteiger partial charge in [0.25, 0.3) is 5.91 Å². The number of nitrogens with zero attached hydrogens (tertiary/aromatic N) is 5. The van der Waals surface area contributed by atoms with Crippen molar-refractivity contribution in [3.63, 3.8) is 0 Å². The van der Waals surface area contributed by atoms with Gasteiger partial charge in [0, 0.05) is 43.6 Å². The lowest BCUT2D eigenvalue weighted by molar-refractivity contribution is -0.145. The molecule has 0 spiro atoms. The monoisotopic (exact) mass is 425 g/mol. The average Bonchev–Trinajstić information content (AvgIpc) is 3.30. The third-order valence-corrected chi connectivity index (χ3v) is 5.35. The summed E-state index contributed by atoms with van der Waals surface area (Å²) in [7, 11) is 0. The number of rotatable bonds is 5. The van der Waals surface area contributed by atoms with Gasteiger partial charge >= 0.3 is 0 Å². The minimum Gasteiger partial charge on any atom is -0.478 e. The second kappa shape index (κ2) is 8.36. The molecule has 30 heavy (non-hydrogen) atoms. The van der Waals surface area contributed by atoms with Crippen molar-refractivity contribution in [2.75, 3.05) is 31.1 Å². The molecule has 1 aliphatic rings. The predicted octanol–water partition coefficient (Wildman–Crippen LogP) is 3.43. The Morgan fingerprint density at radius 2 is 1.53 bits per heavy atom. The van der Waals surface area contributed by atoms with Crippen LogP contribution in [0, 0.1) is 0 Å². The molecule has 3 heterocycles. The lowest BCUT2D eigenvalue weighted by atomic mass is 10.1. The Morgan fingerprint density at radius 1 is 0.933 bits per heavy atom. The van der Waals surface area contributed by atoms with Crippen molar-refractivity contribution >= 4 is 23.3 Å². The number of ether oxygens (including phenoxy) is 1. The van der Waals surface area contributed by atoms with E-state index in [-0.39, 0.29) is 5.91 Å². The number of hydrogen-bond acceptors (Lipinski definition) is 5. The van der Waals surface area contributed by atoms with Crippen LogP contribution in [0.2, 0.25) is 5.02 Å². The Kier molecular flexibility index (Phi) is 5.63. The Balaban J connectivity index is 1.35. The summed E-state index contributed by atoms with van der Waals surface area (Å²) in [4.78, 5) is 17.0. The number of aromatic nitrogens is 3. The molecule has 7 nitrogen and oxygen atoms in total. The topological polar surface area (TPSA) is 63.5 Å². The Labute approximate surface area is 180 Å². The Morgan fingerprint density at radius 3 is 2.13 bits per heavy atom. The van der Waals surface area contributed by atoms with Crippen molar-refractivity contribution in [1.82, 2.24) is 19.7 Å². The van der Waals surface area contributed by atoms with Crippen LogP contribution < -0.4 is 9.64 Å². The molecule has 3 aromatic rings. The van der Waals surface area contributed by atoms with E-state index >= 15 is 0 Å². The van der Waals surface area contributed by atoms with Crippen molar-refractivity contribution in [1.29, 1.82) is 0 Å². The highest BCUT2D eigenvalue weighted by Crippen LogP contribution is 2.23. The van der Waals surface area contributed by atoms with Gasteiger partial charge in [0.05, 0.1) is 0 Å². The van der Waals surface area contributed by atoms with Gasteiger partial charge in [-0.3, -0.25) is 4.79 Å². The molecule has 0 unspecified atom stereocenters. The maximum atomic E-state index is 13.0. The van der Waals surface area contributed by atoms with Crippen LogP contribution in [0.5, 0.6) is 5.75 Å². The highest BCUT2D eigenvalue weighted by Gasteiger charge is 2.36. The summed E-state index contributed by atoms with van der Waals surface area (Å²) < 4.78 is 7.86. The fourth-order valence-corrected chi connectivity index (χ4v) is 3.60. The highest BCUT2D eigenvalue weighted by atomic mass is 35.5. The SMILES string of the molecule is CC(C)(Oc1ccc(Cl)cc1)C(=O)N1CCN(c2ccc(-n3cccc3)nn2)CC1. The van der Waals surface area contributed by atoms with E-state index in [9.17, 15) is 4.79 Å². The van der Waals surface area contributed by atoms with E-state index in [1.165, 1.54) is 0 Å². The fourth-order valence-electron chi connectivity index (χ4n) is 3.47. The van der Waals surface area contributed by atoms with Gasteiger partial charge in [-0.1, -0.05) is 11.6 Å². The normalized spacial score (nSPS) is 14.6. The second-order valence-electron chi connectivity index (χ2n) is 7.69. The fraction of sp³-hybridized carbons (Fsp3) is 0.318. The summed E-state index contributed by atoms with van der Waals surface area (Å²) in [6.07, 6.45) is 3.86. The standard InChI is InChI=1S/C22H24ClN5O2/c1-22(2,30-18-7-5-17(23)6-8-18)21(29)28-15-13-27(14-16-28)20-10-9-19(24-25-20)26-11-3-4-12-26/h3-12H,13-16H2,1-2H3. The number of anilines is 1. The molecule has 1 aromatic carbocycles. The summed E-state index contributed by atoms with van der Waals surface area (Å²) in [5.74, 6) is 2.17. The maximum Gasteiger partial charge on any atom is 0.266 e. The first-order chi connectivity index (χ1) is 14.4. The van der Waals surface area contributed by atoms with Crippen molar-refractivity contribution in [2.24, 2.45) is 0 Å². The van der Waals surface area contributed by atoms with E-state index < -0.39 is 5.60 Å². The van der Waals surface area contributed by atoms with E-state index in [0.29, 0.717) is 37.0 Å². The van der Waals surface area contributed by atoms with Crippen LogP contribution in [-0.2, 0) is 4.79 Å².